The highest BCUT2D eigenvalue weighted by atomic mass is 79.9. The van der Waals surface area contributed by atoms with Crippen LogP contribution in [0.4, 0.5) is 5.69 Å². The lowest BCUT2D eigenvalue weighted by Gasteiger charge is -2.30. The number of ether oxygens (including phenoxy) is 2. The lowest BCUT2D eigenvalue weighted by atomic mass is 9.87. The summed E-state index contributed by atoms with van der Waals surface area (Å²) in [5.41, 5.74) is 6.92. The van der Waals surface area contributed by atoms with E-state index in [0.717, 1.165) is 15.7 Å². The average molecular weight is 376 g/mol. The number of allylic oxidation sites excluding steroid dienone is 1. The molecule has 1 unspecified atom stereocenters. The Bertz CT molecular complexity index is 799. The maximum Gasteiger partial charge on any atom is 0.245 e. The lowest BCUT2D eigenvalue weighted by Crippen LogP contribution is -2.44. The third kappa shape index (κ3) is 2.45. The van der Waals surface area contributed by atoms with Crippen molar-refractivity contribution in [3.8, 4) is 11.8 Å². The number of halogens is 1. The molecule has 0 amide bonds. The van der Waals surface area contributed by atoms with Crippen LogP contribution in [0, 0.1) is 11.3 Å². The van der Waals surface area contributed by atoms with Gasteiger partial charge < -0.3 is 20.5 Å². The van der Waals surface area contributed by atoms with Crippen LogP contribution in [0.1, 0.15) is 33.3 Å². The second-order valence-corrected chi connectivity index (χ2v) is 7.61. The summed E-state index contributed by atoms with van der Waals surface area (Å²) in [6.07, 6.45) is 1.73. The molecule has 0 saturated carbocycles. The van der Waals surface area contributed by atoms with Gasteiger partial charge in [0.05, 0.1) is 10.2 Å². The fraction of sp³-hybridized carbons (Fsp3) is 0.353. The minimum absolute atomic E-state index is 0.0106. The van der Waals surface area contributed by atoms with Crippen LogP contribution >= 0.6 is 15.9 Å². The molecule has 120 valence electrons. The molecule has 1 spiro atoms. The molecular formula is C17H18BrN3O2. The normalized spacial score (nSPS) is 22.7. The fourth-order valence-electron chi connectivity index (χ4n) is 2.72. The van der Waals surface area contributed by atoms with Crippen LogP contribution in [-0.2, 0) is 10.2 Å². The fourth-order valence-corrected chi connectivity index (χ4v) is 3.26. The Labute approximate surface area is 143 Å². The van der Waals surface area contributed by atoms with Crippen molar-refractivity contribution in [2.45, 2.75) is 38.8 Å². The Morgan fingerprint density at radius 2 is 2.04 bits per heavy atom. The molecule has 6 heteroatoms. The molecular weight excluding hydrogens is 358 g/mol. The predicted molar refractivity (Wildman–Crippen MR) is 91.5 cm³/mol. The number of nitrogens with two attached hydrogens (primary N) is 1. The van der Waals surface area contributed by atoms with Gasteiger partial charge in [0, 0.05) is 6.08 Å². The summed E-state index contributed by atoms with van der Waals surface area (Å²) in [4.78, 5) is 0. The lowest BCUT2D eigenvalue weighted by molar-refractivity contribution is 0.174. The van der Waals surface area contributed by atoms with Crippen LogP contribution in [0.25, 0.3) is 0 Å². The van der Waals surface area contributed by atoms with Crippen molar-refractivity contribution in [3.05, 3.63) is 45.5 Å². The molecule has 1 aromatic rings. The number of nitrogens with zero attached hydrogens (tertiary/aromatic N) is 1. The third-order valence-electron chi connectivity index (χ3n) is 3.90. The van der Waals surface area contributed by atoms with E-state index in [9.17, 15) is 5.26 Å². The summed E-state index contributed by atoms with van der Waals surface area (Å²) in [6.45, 7) is 8.20. The van der Waals surface area contributed by atoms with Gasteiger partial charge in [-0.05, 0) is 46.0 Å². The van der Waals surface area contributed by atoms with Crippen LogP contribution in [0.5, 0.6) is 5.75 Å². The number of nitriles is 1. The van der Waals surface area contributed by atoms with E-state index in [-0.39, 0.29) is 16.9 Å². The van der Waals surface area contributed by atoms with Crippen LogP contribution in [0.15, 0.2) is 39.9 Å². The van der Waals surface area contributed by atoms with Crippen molar-refractivity contribution in [1.82, 2.24) is 0 Å². The summed E-state index contributed by atoms with van der Waals surface area (Å²) in [6, 6.07) is 6.17. The molecule has 0 fully saturated rings. The van der Waals surface area contributed by atoms with Gasteiger partial charge in [-0.1, -0.05) is 20.8 Å². The van der Waals surface area contributed by atoms with Crippen molar-refractivity contribution in [2.75, 3.05) is 5.32 Å². The van der Waals surface area contributed by atoms with Crippen LogP contribution in [0.3, 0.4) is 0 Å². The molecule has 3 rings (SSSR count). The Morgan fingerprint density at radius 3 is 2.65 bits per heavy atom. The zero-order valence-corrected chi connectivity index (χ0v) is 15.0. The van der Waals surface area contributed by atoms with E-state index < -0.39 is 5.72 Å². The summed E-state index contributed by atoms with van der Waals surface area (Å²) >= 11 is 3.57. The molecule has 0 aromatic heterocycles. The van der Waals surface area contributed by atoms with E-state index in [1.165, 1.54) is 0 Å². The Kier molecular flexibility index (Phi) is 3.38. The van der Waals surface area contributed by atoms with E-state index in [4.69, 9.17) is 15.2 Å². The summed E-state index contributed by atoms with van der Waals surface area (Å²) in [7, 11) is 0. The first kappa shape index (κ1) is 15.8. The topological polar surface area (TPSA) is 80.3 Å². The van der Waals surface area contributed by atoms with Crippen LogP contribution in [0.2, 0.25) is 0 Å². The van der Waals surface area contributed by atoms with Gasteiger partial charge in [0.2, 0.25) is 11.6 Å². The molecule has 3 N–H and O–H groups in total. The van der Waals surface area contributed by atoms with Crippen LogP contribution < -0.4 is 15.8 Å². The molecule has 1 atom stereocenters. The van der Waals surface area contributed by atoms with Gasteiger partial charge in [-0.3, -0.25) is 0 Å². The number of hydrogen-bond donors (Lipinski definition) is 2. The Balaban J connectivity index is 2.13. The standard InChI is InChI=1S/C17H18BrN3O2/c1-9-7-17(11(8-19)15(20)22-9)21-13-6-10(16(2,3)4)5-12(18)14(13)23-17/h5-7,21H,20H2,1-4H3. The maximum absolute atomic E-state index is 9.48. The third-order valence-corrected chi connectivity index (χ3v) is 4.49. The van der Waals surface area contributed by atoms with Gasteiger partial charge in [-0.25, -0.2) is 0 Å². The van der Waals surface area contributed by atoms with Gasteiger partial charge in [0.25, 0.3) is 0 Å². The SMILES string of the molecule is CC1=CC2(Nc3cc(C(C)(C)C)cc(Br)c3O2)C(C#N)=C(N)O1. The Hall–Kier alpha value is -2.13. The molecule has 5 nitrogen and oxygen atoms in total. The highest BCUT2D eigenvalue weighted by Crippen LogP contribution is 2.48. The van der Waals surface area contributed by atoms with Gasteiger partial charge in [0.1, 0.15) is 11.8 Å². The molecule has 2 heterocycles. The quantitative estimate of drug-likeness (QED) is 0.719. The number of anilines is 1. The van der Waals surface area contributed by atoms with Crippen molar-refractivity contribution in [1.29, 1.82) is 5.26 Å². The molecule has 23 heavy (non-hydrogen) atoms. The number of rotatable bonds is 0. The first-order valence-corrected chi connectivity index (χ1v) is 8.04. The van der Waals surface area contributed by atoms with Gasteiger partial charge in [-0.15, -0.1) is 0 Å². The first-order chi connectivity index (χ1) is 10.7. The average Bonchev–Trinajstić information content (AvgIpc) is 2.76. The maximum atomic E-state index is 9.48. The summed E-state index contributed by atoms with van der Waals surface area (Å²) < 4.78 is 12.3. The number of fused-ring (bicyclic) bond motifs is 1. The van der Waals surface area contributed by atoms with Crippen molar-refractivity contribution < 1.29 is 9.47 Å². The minimum Gasteiger partial charge on any atom is -0.456 e. The highest BCUT2D eigenvalue weighted by Gasteiger charge is 2.47. The van der Waals surface area contributed by atoms with E-state index in [2.05, 4.69) is 48.1 Å². The Morgan fingerprint density at radius 1 is 1.35 bits per heavy atom. The van der Waals surface area contributed by atoms with Crippen molar-refractivity contribution in [2.24, 2.45) is 5.73 Å². The molecule has 1 aromatic carbocycles. The molecule has 0 saturated heterocycles. The van der Waals surface area contributed by atoms with E-state index >= 15 is 0 Å². The summed E-state index contributed by atoms with van der Waals surface area (Å²) in [5, 5.41) is 12.8. The van der Waals surface area contributed by atoms with E-state index in [1.54, 1.807) is 13.0 Å². The van der Waals surface area contributed by atoms with Crippen molar-refractivity contribution in [3.63, 3.8) is 0 Å². The monoisotopic (exact) mass is 375 g/mol. The van der Waals surface area contributed by atoms with Gasteiger partial charge in [-0.2, -0.15) is 5.26 Å². The molecule has 2 aliphatic rings. The highest BCUT2D eigenvalue weighted by molar-refractivity contribution is 9.10. The van der Waals surface area contributed by atoms with Crippen LogP contribution in [-0.4, -0.2) is 5.72 Å². The number of nitrogens with one attached hydrogen (secondary N) is 1. The molecule has 0 bridgehead atoms. The number of hydrogen-bond acceptors (Lipinski definition) is 5. The van der Waals surface area contributed by atoms with E-state index in [1.807, 2.05) is 12.1 Å². The molecule has 0 aliphatic carbocycles. The molecule has 0 radical (unpaired) electrons. The second kappa shape index (κ2) is 4.93. The minimum atomic E-state index is -1.12. The van der Waals surface area contributed by atoms with Gasteiger partial charge in [0.15, 0.2) is 11.3 Å². The second-order valence-electron chi connectivity index (χ2n) is 6.76. The van der Waals surface area contributed by atoms with Gasteiger partial charge >= 0.3 is 0 Å². The smallest absolute Gasteiger partial charge is 0.245 e. The predicted octanol–water partition coefficient (Wildman–Crippen LogP) is 3.88. The first-order valence-electron chi connectivity index (χ1n) is 7.25. The largest absolute Gasteiger partial charge is 0.456 e. The zero-order valence-electron chi connectivity index (χ0n) is 13.5. The summed E-state index contributed by atoms with van der Waals surface area (Å²) in [5.74, 6) is 1.29. The molecule has 2 aliphatic heterocycles. The zero-order chi connectivity index (χ0) is 17.0. The van der Waals surface area contributed by atoms with E-state index in [0.29, 0.717) is 11.5 Å². The van der Waals surface area contributed by atoms with Crippen molar-refractivity contribution >= 4 is 21.6 Å². The number of benzene rings is 1.